The molecule has 7 heteroatoms. The van der Waals surface area contributed by atoms with Crippen molar-refractivity contribution in [1.29, 1.82) is 0 Å². The third-order valence-electron chi connectivity index (χ3n) is 4.93. The SMILES string of the molecule is COc1c2c(cc3c1C(=O)N([C@H]1CCC(=O)NC1=O)C3)CC(=O)C2. The Morgan fingerprint density at radius 1 is 1.17 bits per heavy atom. The lowest BCUT2D eigenvalue weighted by molar-refractivity contribution is -0.137. The van der Waals surface area contributed by atoms with Crippen LogP contribution in [0.3, 0.4) is 0 Å². The van der Waals surface area contributed by atoms with E-state index in [9.17, 15) is 19.2 Å². The number of Topliss-reactive ketones (excluding diaryl/α,β-unsaturated/α-hetero) is 1. The third-order valence-corrected chi connectivity index (χ3v) is 4.93. The first kappa shape index (κ1) is 14.9. The molecule has 7 nitrogen and oxygen atoms in total. The second-order valence-electron chi connectivity index (χ2n) is 6.37. The maximum Gasteiger partial charge on any atom is 0.258 e. The van der Waals surface area contributed by atoms with Crippen LogP contribution >= 0.6 is 0 Å². The summed E-state index contributed by atoms with van der Waals surface area (Å²) >= 11 is 0. The predicted molar refractivity (Wildman–Crippen MR) is 81.5 cm³/mol. The lowest BCUT2D eigenvalue weighted by Gasteiger charge is -2.29. The van der Waals surface area contributed by atoms with Crippen molar-refractivity contribution >= 4 is 23.5 Å². The van der Waals surface area contributed by atoms with Gasteiger partial charge in [0.2, 0.25) is 11.8 Å². The molecule has 0 saturated carbocycles. The number of nitrogens with one attached hydrogen (secondary N) is 1. The summed E-state index contributed by atoms with van der Waals surface area (Å²) in [5.41, 5.74) is 2.89. The van der Waals surface area contributed by atoms with Crippen LogP contribution in [0, 0.1) is 0 Å². The van der Waals surface area contributed by atoms with Gasteiger partial charge in [-0.3, -0.25) is 24.5 Å². The molecule has 1 fully saturated rings. The zero-order valence-electron chi connectivity index (χ0n) is 13.2. The van der Waals surface area contributed by atoms with Gasteiger partial charge >= 0.3 is 0 Å². The smallest absolute Gasteiger partial charge is 0.258 e. The molecule has 1 aromatic carbocycles. The van der Waals surface area contributed by atoms with E-state index >= 15 is 0 Å². The Morgan fingerprint density at radius 3 is 2.67 bits per heavy atom. The number of benzene rings is 1. The van der Waals surface area contributed by atoms with Crippen molar-refractivity contribution in [2.24, 2.45) is 0 Å². The van der Waals surface area contributed by atoms with E-state index in [1.165, 1.54) is 12.0 Å². The summed E-state index contributed by atoms with van der Waals surface area (Å²) in [4.78, 5) is 49.5. The lowest BCUT2D eigenvalue weighted by atomic mass is 10.00. The van der Waals surface area contributed by atoms with E-state index in [1.54, 1.807) is 0 Å². The van der Waals surface area contributed by atoms with E-state index in [4.69, 9.17) is 4.74 Å². The molecule has 3 amide bonds. The first-order valence-electron chi connectivity index (χ1n) is 7.87. The highest BCUT2D eigenvalue weighted by atomic mass is 16.5. The van der Waals surface area contributed by atoms with Crippen LogP contribution in [-0.2, 0) is 33.8 Å². The number of ether oxygens (including phenoxy) is 1. The van der Waals surface area contributed by atoms with E-state index in [2.05, 4.69) is 5.32 Å². The highest BCUT2D eigenvalue weighted by Gasteiger charge is 2.42. The number of hydrogen-bond acceptors (Lipinski definition) is 5. The number of rotatable bonds is 2. The van der Waals surface area contributed by atoms with E-state index < -0.39 is 11.9 Å². The molecule has 3 aliphatic rings. The number of fused-ring (bicyclic) bond motifs is 2. The number of methoxy groups -OCH3 is 1. The molecule has 24 heavy (non-hydrogen) atoms. The Hall–Kier alpha value is -2.70. The van der Waals surface area contributed by atoms with Crippen molar-refractivity contribution < 1.29 is 23.9 Å². The average molecular weight is 328 g/mol. The normalized spacial score (nSPS) is 22.5. The summed E-state index contributed by atoms with van der Waals surface area (Å²) < 4.78 is 5.44. The van der Waals surface area contributed by atoms with Crippen LogP contribution in [0.15, 0.2) is 6.07 Å². The number of ketones is 1. The van der Waals surface area contributed by atoms with E-state index in [1.807, 2.05) is 6.07 Å². The van der Waals surface area contributed by atoms with Crippen molar-refractivity contribution in [2.45, 2.75) is 38.3 Å². The minimum absolute atomic E-state index is 0.112. The molecule has 1 N–H and O–H groups in total. The summed E-state index contributed by atoms with van der Waals surface area (Å²) in [7, 11) is 1.49. The molecular weight excluding hydrogens is 312 g/mol. The van der Waals surface area contributed by atoms with Gasteiger partial charge in [-0.05, 0) is 17.5 Å². The van der Waals surface area contributed by atoms with Crippen molar-refractivity contribution in [2.75, 3.05) is 7.11 Å². The molecule has 0 radical (unpaired) electrons. The van der Waals surface area contributed by atoms with Crippen LogP contribution in [0.1, 0.15) is 39.9 Å². The fraction of sp³-hybridized carbons (Fsp3) is 0.412. The van der Waals surface area contributed by atoms with Gasteiger partial charge in [-0.25, -0.2) is 0 Å². The zero-order chi connectivity index (χ0) is 17.0. The highest BCUT2D eigenvalue weighted by molar-refractivity contribution is 6.07. The molecule has 0 bridgehead atoms. The number of nitrogens with zero attached hydrogens (tertiary/aromatic N) is 1. The van der Waals surface area contributed by atoms with Crippen LogP contribution in [0.4, 0.5) is 0 Å². The van der Waals surface area contributed by atoms with Gasteiger partial charge in [0, 0.05) is 31.4 Å². The van der Waals surface area contributed by atoms with E-state index in [0.717, 1.165) is 16.7 Å². The molecule has 1 aliphatic carbocycles. The third kappa shape index (κ3) is 2.04. The summed E-state index contributed by atoms with van der Waals surface area (Å²) in [6, 6.07) is 1.23. The fourth-order valence-corrected chi connectivity index (χ4v) is 3.85. The molecular formula is C17H16N2O5. The predicted octanol–water partition coefficient (Wildman–Crippen LogP) is 0.124. The Morgan fingerprint density at radius 2 is 1.96 bits per heavy atom. The van der Waals surface area contributed by atoms with Gasteiger partial charge in [-0.15, -0.1) is 0 Å². The lowest BCUT2D eigenvalue weighted by Crippen LogP contribution is -2.52. The van der Waals surface area contributed by atoms with Gasteiger partial charge in [0.25, 0.3) is 5.91 Å². The monoisotopic (exact) mass is 328 g/mol. The van der Waals surface area contributed by atoms with Crippen molar-refractivity contribution in [3.8, 4) is 5.75 Å². The average Bonchev–Trinajstić information content (AvgIpc) is 3.05. The van der Waals surface area contributed by atoms with Crippen molar-refractivity contribution in [1.82, 2.24) is 10.2 Å². The Labute approximate surface area is 137 Å². The Kier molecular flexibility index (Phi) is 3.19. The number of hydrogen-bond donors (Lipinski definition) is 1. The standard InChI is InChI=1S/C17H16N2O5/c1-24-15-11-6-10(20)5-8(11)4-9-7-19(17(23)14(9)15)12-2-3-13(21)18-16(12)22/h4,12H,2-3,5-7H2,1H3,(H,18,21,22)/t12-/m0/s1. The van der Waals surface area contributed by atoms with Crippen LogP contribution in [-0.4, -0.2) is 41.6 Å². The van der Waals surface area contributed by atoms with E-state index in [0.29, 0.717) is 24.2 Å². The quantitative estimate of drug-likeness (QED) is 0.779. The topological polar surface area (TPSA) is 92.8 Å². The Bertz CT molecular complexity index is 814. The minimum atomic E-state index is -0.649. The maximum absolute atomic E-state index is 12.9. The van der Waals surface area contributed by atoms with Gasteiger partial charge in [0.15, 0.2) is 0 Å². The zero-order valence-corrected chi connectivity index (χ0v) is 13.2. The molecule has 2 heterocycles. The number of amides is 3. The number of piperidine rings is 1. The maximum atomic E-state index is 12.9. The van der Waals surface area contributed by atoms with Gasteiger partial charge in [0.05, 0.1) is 12.7 Å². The van der Waals surface area contributed by atoms with Crippen LogP contribution < -0.4 is 10.1 Å². The largest absolute Gasteiger partial charge is 0.496 e. The summed E-state index contributed by atoms with van der Waals surface area (Å²) in [5, 5.41) is 2.29. The van der Waals surface area contributed by atoms with Gasteiger partial charge in [-0.2, -0.15) is 0 Å². The Balaban J connectivity index is 1.72. The van der Waals surface area contributed by atoms with Crippen molar-refractivity contribution in [3.05, 3.63) is 28.3 Å². The molecule has 0 spiro atoms. The molecule has 0 aromatic heterocycles. The van der Waals surface area contributed by atoms with Crippen LogP contribution in [0.25, 0.3) is 0 Å². The van der Waals surface area contributed by atoms with Crippen LogP contribution in [0.2, 0.25) is 0 Å². The van der Waals surface area contributed by atoms with Gasteiger partial charge in [0.1, 0.15) is 17.6 Å². The molecule has 1 atom stereocenters. The second kappa shape index (κ2) is 5.15. The first-order chi connectivity index (χ1) is 11.5. The highest BCUT2D eigenvalue weighted by Crippen LogP contribution is 2.40. The molecule has 4 rings (SSSR count). The summed E-state index contributed by atoms with van der Waals surface area (Å²) in [5.74, 6) is -0.460. The first-order valence-corrected chi connectivity index (χ1v) is 7.87. The van der Waals surface area contributed by atoms with Gasteiger partial charge in [-0.1, -0.05) is 6.07 Å². The summed E-state index contributed by atoms with van der Waals surface area (Å²) in [6.45, 7) is 0.290. The molecule has 1 saturated heterocycles. The molecule has 124 valence electrons. The molecule has 0 unspecified atom stereocenters. The minimum Gasteiger partial charge on any atom is -0.496 e. The molecule has 1 aromatic rings. The number of imide groups is 1. The fourth-order valence-electron chi connectivity index (χ4n) is 3.85. The van der Waals surface area contributed by atoms with Crippen LogP contribution in [0.5, 0.6) is 5.75 Å². The van der Waals surface area contributed by atoms with Gasteiger partial charge < -0.3 is 9.64 Å². The van der Waals surface area contributed by atoms with E-state index in [-0.39, 0.29) is 37.0 Å². The van der Waals surface area contributed by atoms with Crippen molar-refractivity contribution in [3.63, 3.8) is 0 Å². The summed E-state index contributed by atoms with van der Waals surface area (Å²) in [6.07, 6.45) is 1.17. The second-order valence-corrected chi connectivity index (χ2v) is 6.37. The number of carbonyl (C=O) groups excluding carboxylic acids is 4. The number of carbonyl (C=O) groups is 4. The molecule has 2 aliphatic heterocycles.